The average molecular weight is 586 g/mol. The highest BCUT2D eigenvalue weighted by Gasteiger charge is 2.14. The third-order valence-electron chi connectivity index (χ3n) is 6.23. The van der Waals surface area contributed by atoms with E-state index in [9.17, 15) is 4.79 Å². The van der Waals surface area contributed by atoms with Crippen LogP contribution in [-0.4, -0.2) is 39.3 Å². The number of ether oxygens (including phenoxy) is 3. The fraction of sp³-hybridized carbons (Fsp3) is 0.161. The van der Waals surface area contributed by atoms with Gasteiger partial charge in [-0.3, -0.25) is 9.78 Å². The molecule has 42 heavy (non-hydrogen) atoms. The molecular weight excluding hydrogens is 557 g/mol. The van der Waals surface area contributed by atoms with Gasteiger partial charge in [0.15, 0.2) is 28.2 Å². The Bertz CT molecular complexity index is 1680. The summed E-state index contributed by atoms with van der Waals surface area (Å²) in [7, 11) is 1.55. The predicted octanol–water partition coefficient (Wildman–Crippen LogP) is 5.90. The van der Waals surface area contributed by atoms with Crippen molar-refractivity contribution < 1.29 is 23.4 Å². The first-order valence-electron chi connectivity index (χ1n) is 13.2. The largest absolute Gasteiger partial charge is 0.493 e. The Balaban J connectivity index is 1.23. The Morgan fingerprint density at radius 2 is 1.86 bits per heavy atom. The first-order chi connectivity index (χ1) is 20.5. The third-order valence-corrected chi connectivity index (χ3v) is 6.44. The molecule has 2 heterocycles. The Morgan fingerprint density at radius 3 is 2.62 bits per heavy atom. The van der Waals surface area contributed by atoms with E-state index in [0.717, 1.165) is 18.5 Å². The van der Waals surface area contributed by atoms with Crippen LogP contribution in [0.5, 0.6) is 23.0 Å². The van der Waals surface area contributed by atoms with E-state index < -0.39 is 5.82 Å². The minimum absolute atomic E-state index is 0.00544. The number of amides is 1. The summed E-state index contributed by atoms with van der Waals surface area (Å²) in [4.78, 5) is 20.7. The number of carbonyl (C=O) groups is 1. The summed E-state index contributed by atoms with van der Waals surface area (Å²) in [6.45, 7) is 1.25. The molecule has 214 valence electrons. The van der Waals surface area contributed by atoms with Crippen LogP contribution >= 0.6 is 12.2 Å². The third kappa shape index (κ3) is 7.38. The minimum Gasteiger partial charge on any atom is -0.493 e. The predicted molar refractivity (Wildman–Crippen MR) is 162 cm³/mol. The molecule has 0 aliphatic heterocycles. The van der Waals surface area contributed by atoms with Gasteiger partial charge in [-0.25, -0.2) is 9.37 Å². The molecule has 5 rings (SSSR count). The highest BCUT2D eigenvalue weighted by Crippen LogP contribution is 2.37. The SMILES string of the molecule is COc1cc2c(Oc3ccc(NC(=S)NC(=O)Cc4ccccc4)cc3F)ccnc2cc1OCCCn1ccnc1. The lowest BCUT2D eigenvalue weighted by Crippen LogP contribution is -2.35. The fourth-order valence-corrected chi connectivity index (χ4v) is 4.46. The molecule has 9 nitrogen and oxygen atoms in total. The maximum atomic E-state index is 15.1. The van der Waals surface area contributed by atoms with Crippen molar-refractivity contribution in [2.75, 3.05) is 19.0 Å². The lowest BCUT2D eigenvalue weighted by molar-refractivity contribution is -0.119. The van der Waals surface area contributed by atoms with Crippen LogP contribution in [0, 0.1) is 5.82 Å². The van der Waals surface area contributed by atoms with Gasteiger partial charge < -0.3 is 29.4 Å². The number of hydrogen-bond acceptors (Lipinski definition) is 7. The number of methoxy groups -OCH3 is 1. The average Bonchev–Trinajstić information content (AvgIpc) is 3.50. The summed E-state index contributed by atoms with van der Waals surface area (Å²) in [5.41, 5.74) is 1.83. The van der Waals surface area contributed by atoms with Crippen LogP contribution < -0.4 is 24.8 Å². The van der Waals surface area contributed by atoms with Gasteiger partial charge in [0.05, 0.1) is 32.0 Å². The zero-order valence-corrected chi connectivity index (χ0v) is 23.6. The molecule has 0 spiro atoms. The van der Waals surface area contributed by atoms with Crippen molar-refractivity contribution in [1.82, 2.24) is 19.9 Å². The molecule has 1 amide bonds. The molecule has 5 aromatic rings. The van der Waals surface area contributed by atoms with Crippen LogP contribution in [0.4, 0.5) is 10.1 Å². The van der Waals surface area contributed by atoms with Gasteiger partial charge in [0, 0.05) is 48.3 Å². The minimum atomic E-state index is -0.617. The van der Waals surface area contributed by atoms with Crippen molar-refractivity contribution in [3.63, 3.8) is 0 Å². The number of thiocarbonyl (C=S) groups is 1. The van der Waals surface area contributed by atoms with Crippen molar-refractivity contribution in [3.8, 4) is 23.0 Å². The van der Waals surface area contributed by atoms with Crippen molar-refractivity contribution in [3.05, 3.63) is 103 Å². The smallest absolute Gasteiger partial charge is 0.230 e. The lowest BCUT2D eigenvalue weighted by Gasteiger charge is -2.15. The molecule has 0 bridgehead atoms. The Morgan fingerprint density at radius 1 is 1.00 bits per heavy atom. The molecule has 2 N–H and O–H groups in total. The quantitative estimate of drug-likeness (QED) is 0.146. The van der Waals surface area contributed by atoms with Crippen LogP contribution in [-0.2, 0) is 17.8 Å². The molecule has 0 aliphatic rings. The number of aryl methyl sites for hydroxylation is 1. The summed E-state index contributed by atoms with van der Waals surface area (Å²) in [6, 6.07) is 18.8. The van der Waals surface area contributed by atoms with Crippen LogP contribution in [0.25, 0.3) is 10.9 Å². The number of pyridine rings is 1. The monoisotopic (exact) mass is 585 g/mol. The van der Waals surface area contributed by atoms with Crippen LogP contribution in [0.1, 0.15) is 12.0 Å². The highest BCUT2D eigenvalue weighted by atomic mass is 32.1. The number of nitrogens with one attached hydrogen (secondary N) is 2. The van der Waals surface area contributed by atoms with E-state index in [1.165, 1.54) is 12.1 Å². The standard InChI is InChI=1S/C31H28FN5O4S/c1-39-28-18-23-25(19-29(28)40-15-5-13-37-14-12-33-20-37)34-11-10-26(23)41-27-9-8-22(17-24(27)32)35-31(42)36-30(38)16-21-6-3-2-4-7-21/h2-4,6-12,14,17-20H,5,13,15-16H2,1H3,(H2,35,36,38,42). The maximum absolute atomic E-state index is 15.1. The summed E-state index contributed by atoms with van der Waals surface area (Å²) >= 11 is 5.22. The van der Waals surface area contributed by atoms with Crippen LogP contribution in [0.15, 0.2) is 91.6 Å². The van der Waals surface area contributed by atoms with E-state index >= 15 is 4.39 Å². The normalized spacial score (nSPS) is 10.7. The summed E-state index contributed by atoms with van der Waals surface area (Å²) in [5.74, 6) is 0.564. The highest BCUT2D eigenvalue weighted by molar-refractivity contribution is 7.80. The van der Waals surface area contributed by atoms with E-state index in [4.69, 9.17) is 26.4 Å². The molecule has 2 aromatic heterocycles. The second kappa shape index (κ2) is 13.6. The molecule has 0 fully saturated rings. The molecule has 11 heteroatoms. The summed E-state index contributed by atoms with van der Waals surface area (Å²) in [6.07, 6.45) is 7.94. The van der Waals surface area contributed by atoms with Gasteiger partial charge in [0.25, 0.3) is 0 Å². The van der Waals surface area contributed by atoms with Crippen molar-refractivity contribution in [2.45, 2.75) is 19.4 Å². The summed E-state index contributed by atoms with van der Waals surface area (Å²) < 4.78 is 34.5. The van der Waals surface area contributed by atoms with E-state index in [2.05, 4.69) is 20.6 Å². The Kier molecular flexibility index (Phi) is 9.20. The van der Waals surface area contributed by atoms with Crippen molar-refractivity contribution in [1.29, 1.82) is 0 Å². The number of imidazole rings is 1. The zero-order chi connectivity index (χ0) is 29.3. The number of rotatable bonds is 11. The number of hydrogen-bond donors (Lipinski definition) is 2. The molecule has 0 saturated heterocycles. The molecule has 3 aromatic carbocycles. The van der Waals surface area contributed by atoms with E-state index in [-0.39, 0.29) is 23.2 Å². The lowest BCUT2D eigenvalue weighted by atomic mass is 10.1. The van der Waals surface area contributed by atoms with Gasteiger partial charge in [-0.1, -0.05) is 30.3 Å². The fourth-order valence-electron chi connectivity index (χ4n) is 4.23. The first-order valence-corrected chi connectivity index (χ1v) is 13.6. The van der Waals surface area contributed by atoms with Gasteiger partial charge in [-0.15, -0.1) is 0 Å². The number of benzene rings is 3. The van der Waals surface area contributed by atoms with E-state index in [0.29, 0.717) is 40.4 Å². The Hall–Kier alpha value is -5.03. The molecule has 0 atom stereocenters. The second-order valence-corrected chi connectivity index (χ2v) is 9.65. The number of nitrogens with zero attached hydrogens (tertiary/aromatic N) is 3. The molecular formula is C31H28FN5O4S. The number of halogens is 1. The van der Waals surface area contributed by atoms with E-state index in [1.807, 2.05) is 41.1 Å². The Labute approximate surface area is 247 Å². The van der Waals surface area contributed by atoms with Crippen LogP contribution in [0.2, 0.25) is 0 Å². The maximum Gasteiger partial charge on any atom is 0.230 e. The van der Waals surface area contributed by atoms with E-state index in [1.54, 1.807) is 50.1 Å². The van der Waals surface area contributed by atoms with Gasteiger partial charge in [0.2, 0.25) is 5.91 Å². The van der Waals surface area contributed by atoms with Gasteiger partial charge >= 0.3 is 0 Å². The van der Waals surface area contributed by atoms with Crippen LogP contribution in [0.3, 0.4) is 0 Å². The molecule has 0 aliphatic carbocycles. The van der Waals surface area contributed by atoms with Gasteiger partial charge in [0.1, 0.15) is 5.75 Å². The molecule has 0 radical (unpaired) electrons. The summed E-state index contributed by atoms with van der Waals surface area (Å²) in [5, 5.41) is 6.13. The van der Waals surface area contributed by atoms with Crippen molar-refractivity contribution in [2.24, 2.45) is 0 Å². The molecule has 0 saturated carbocycles. The van der Waals surface area contributed by atoms with Crippen molar-refractivity contribution >= 4 is 39.8 Å². The second-order valence-electron chi connectivity index (χ2n) is 9.24. The number of aromatic nitrogens is 3. The molecule has 0 unspecified atom stereocenters. The number of anilines is 1. The zero-order valence-electron chi connectivity index (χ0n) is 22.7. The topological polar surface area (TPSA) is 99.5 Å². The van der Waals surface area contributed by atoms with Gasteiger partial charge in [-0.2, -0.15) is 0 Å². The first kappa shape index (κ1) is 28.5. The number of fused-ring (bicyclic) bond motifs is 1. The number of carbonyl (C=O) groups excluding carboxylic acids is 1. The van der Waals surface area contributed by atoms with Gasteiger partial charge in [-0.05, 0) is 48.5 Å².